The summed E-state index contributed by atoms with van der Waals surface area (Å²) < 4.78 is 0. The van der Waals surface area contributed by atoms with Crippen LogP contribution in [-0.2, 0) is 11.2 Å². The van der Waals surface area contributed by atoms with Gasteiger partial charge in [-0.1, -0.05) is 24.3 Å². The van der Waals surface area contributed by atoms with Gasteiger partial charge in [0.2, 0.25) is 5.96 Å². The van der Waals surface area contributed by atoms with Gasteiger partial charge in [0, 0.05) is 23.7 Å². The first-order valence-electron chi connectivity index (χ1n) is 6.88. The molecule has 0 N–H and O–H groups in total. The Morgan fingerprint density at radius 3 is 3.09 bits per heavy atom. The quantitative estimate of drug-likeness (QED) is 0.666. The van der Waals surface area contributed by atoms with Gasteiger partial charge in [-0.15, -0.1) is 11.3 Å². The molecule has 6 heteroatoms. The number of carbonyl (C=O) groups excluding carboxylic acids is 1. The van der Waals surface area contributed by atoms with E-state index in [-0.39, 0.29) is 5.91 Å². The minimum atomic E-state index is -0.727. The van der Waals surface area contributed by atoms with E-state index in [0.29, 0.717) is 18.8 Å². The van der Waals surface area contributed by atoms with Crippen molar-refractivity contribution in [1.29, 1.82) is 0 Å². The third-order valence-electron chi connectivity index (χ3n) is 3.62. The van der Waals surface area contributed by atoms with Crippen LogP contribution in [0.5, 0.6) is 0 Å². The lowest BCUT2D eigenvalue weighted by molar-refractivity contribution is -0.124. The number of aliphatic imine (C=N–C) groups is 2. The van der Waals surface area contributed by atoms with Gasteiger partial charge in [0.25, 0.3) is 5.91 Å². The standard InChI is InChI=1S/C16H15N3OS2/c20-14-16(7-2-1-3-10-21,12-13-6-4-11-22-13)19-9-5-8-17-15(19)18-14/h1-6,8-11,21H,7,12H2/b2-1+,10-3-. The van der Waals surface area contributed by atoms with Gasteiger partial charge in [-0.3, -0.25) is 4.79 Å². The van der Waals surface area contributed by atoms with Crippen LogP contribution in [-0.4, -0.2) is 28.5 Å². The van der Waals surface area contributed by atoms with Crippen molar-refractivity contribution in [3.8, 4) is 0 Å². The molecule has 3 heterocycles. The number of fused-ring (bicyclic) bond motifs is 1. The van der Waals surface area contributed by atoms with Gasteiger partial charge in [0.15, 0.2) is 0 Å². The zero-order chi connectivity index (χ0) is 15.4. The van der Waals surface area contributed by atoms with Gasteiger partial charge in [-0.2, -0.15) is 17.6 Å². The number of hydrogen-bond acceptors (Lipinski definition) is 5. The molecule has 0 spiro atoms. The maximum absolute atomic E-state index is 12.7. The van der Waals surface area contributed by atoms with Crippen LogP contribution in [0.2, 0.25) is 0 Å². The van der Waals surface area contributed by atoms with E-state index in [1.807, 2.05) is 52.9 Å². The molecular formula is C16H15N3OS2. The van der Waals surface area contributed by atoms with Gasteiger partial charge >= 0.3 is 0 Å². The van der Waals surface area contributed by atoms with E-state index in [9.17, 15) is 4.79 Å². The van der Waals surface area contributed by atoms with Crippen molar-refractivity contribution in [2.45, 2.75) is 18.4 Å². The van der Waals surface area contributed by atoms with Crippen LogP contribution < -0.4 is 0 Å². The number of allylic oxidation sites excluding steroid dienone is 3. The van der Waals surface area contributed by atoms with Crippen molar-refractivity contribution < 1.29 is 4.79 Å². The number of guanidine groups is 1. The number of thiophene rings is 1. The molecule has 0 aliphatic carbocycles. The lowest BCUT2D eigenvalue weighted by Gasteiger charge is -2.35. The Morgan fingerprint density at radius 1 is 1.41 bits per heavy atom. The second kappa shape index (κ2) is 6.46. The van der Waals surface area contributed by atoms with E-state index < -0.39 is 5.54 Å². The largest absolute Gasteiger partial charge is 0.301 e. The van der Waals surface area contributed by atoms with E-state index in [2.05, 4.69) is 22.6 Å². The van der Waals surface area contributed by atoms with Gasteiger partial charge in [0.1, 0.15) is 5.54 Å². The average Bonchev–Trinajstić information content (AvgIpc) is 3.12. The van der Waals surface area contributed by atoms with Crippen molar-refractivity contribution in [3.05, 3.63) is 58.3 Å². The highest BCUT2D eigenvalue weighted by molar-refractivity contribution is 7.83. The summed E-state index contributed by atoms with van der Waals surface area (Å²) in [6.07, 6.45) is 12.2. The molecule has 0 radical (unpaired) electrons. The molecule has 0 bridgehead atoms. The van der Waals surface area contributed by atoms with E-state index in [1.165, 1.54) is 0 Å². The van der Waals surface area contributed by atoms with Crippen molar-refractivity contribution >= 4 is 42.0 Å². The molecule has 4 nitrogen and oxygen atoms in total. The molecule has 2 aliphatic rings. The minimum absolute atomic E-state index is 0.140. The molecule has 1 unspecified atom stereocenters. The first-order chi connectivity index (χ1) is 10.8. The Hall–Kier alpha value is -1.92. The second-order valence-corrected chi connectivity index (χ2v) is 6.30. The molecule has 3 rings (SSSR count). The lowest BCUT2D eigenvalue weighted by atomic mass is 9.88. The Balaban J connectivity index is 1.94. The zero-order valence-corrected chi connectivity index (χ0v) is 13.5. The fourth-order valence-electron chi connectivity index (χ4n) is 2.59. The molecule has 0 saturated heterocycles. The van der Waals surface area contributed by atoms with Crippen LogP contribution in [0.3, 0.4) is 0 Å². The number of amides is 1. The summed E-state index contributed by atoms with van der Waals surface area (Å²) >= 11 is 5.68. The number of nitrogens with zero attached hydrogens (tertiary/aromatic N) is 3. The zero-order valence-electron chi connectivity index (χ0n) is 11.8. The van der Waals surface area contributed by atoms with Crippen molar-refractivity contribution in [1.82, 2.24) is 4.90 Å². The van der Waals surface area contributed by atoms with E-state index in [0.717, 1.165) is 4.88 Å². The Morgan fingerprint density at radius 2 is 2.32 bits per heavy atom. The minimum Gasteiger partial charge on any atom is -0.301 e. The monoisotopic (exact) mass is 329 g/mol. The molecule has 1 amide bonds. The molecule has 1 aromatic rings. The van der Waals surface area contributed by atoms with Crippen LogP contribution in [0.4, 0.5) is 0 Å². The van der Waals surface area contributed by atoms with Crippen LogP contribution in [0.1, 0.15) is 11.3 Å². The van der Waals surface area contributed by atoms with Crippen molar-refractivity contribution in [3.63, 3.8) is 0 Å². The van der Waals surface area contributed by atoms with E-state index >= 15 is 0 Å². The Kier molecular flexibility index (Phi) is 4.40. The van der Waals surface area contributed by atoms with E-state index in [1.54, 1.807) is 23.0 Å². The number of thiol groups is 1. The van der Waals surface area contributed by atoms with Crippen molar-refractivity contribution in [2.75, 3.05) is 0 Å². The summed E-state index contributed by atoms with van der Waals surface area (Å²) in [6, 6.07) is 4.05. The molecular weight excluding hydrogens is 314 g/mol. The topological polar surface area (TPSA) is 45.0 Å². The average molecular weight is 329 g/mol. The second-order valence-electron chi connectivity index (χ2n) is 4.97. The Bertz CT molecular complexity index is 701. The maximum atomic E-state index is 12.7. The molecule has 0 aromatic carbocycles. The predicted molar refractivity (Wildman–Crippen MR) is 94.6 cm³/mol. The van der Waals surface area contributed by atoms with Crippen LogP contribution in [0.15, 0.2) is 63.4 Å². The summed E-state index contributed by atoms with van der Waals surface area (Å²) in [4.78, 5) is 24.0. The third-order valence-corrected chi connectivity index (χ3v) is 4.67. The highest BCUT2D eigenvalue weighted by Gasteiger charge is 2.49. The molecule has 0 saturated carbocycles. The summed E-state index contributed by atoms with van der Waals surface area (Å²) in [5.74, 6) is 0.335. The number of hydrogen-bond donors (Lipinski definition) is 1. The van der Waals surface area contributed by atoms with E-state index in [4.69, 9.17) is 0 Å². The fourth-order valence-corrected chi connectivity index (χ4v) is 3.50. The highest BCUT2D eigenvalue weighted by atomic mass is 32.1. The number of rotatable bonds is 5. The first-order valence-corrected chi connectivity index (χ1v) is 8.27. The third kappa shape index (κ3) is 2.71. The van der Waals surface area contributed by atoms with Gasteiger partial charge in [0.05, 0.1) is 0 Å². The molecule has 112 valence electrons. The molecule has 1 atom stereocenters. The van der Waals surface area contributed by atoms with Gasteiger partial charge in [-0.05, 0) is 29.4 Å². The number of carbonyl (C=O) groups is 1. The smallest absolute Gasteiger partial charge is 0.275 e. The molecule has 1 aromatic heterocycles. The highest BCUT2D eigenvalue weighted by Crippen LogP contribution is 2.35. The summed E-state index contributed by atoms with van der Waals surface area (Å²) in [5, 5.41) is 3.68. The summed E-state index contributed by atoms with van der Waals surface area (Å²) in [5.41, 5.74) is -0.727. The Labute approximate surface area is 138 Å². The lowest BCUT2D eigenvalue weighted by Crippen LogP contribution is -2.50. The molecule has 2 aliphatic heterocycles. The SMILES string of the molecule is O=C1N=C2N=CC=CN2C1(C/C=C/C=C\S)Cc1cccs1. The molecule has 22 heavy (non-hydrogen) atoms. The summed E-state index contributed by atoms with van der Waals surface area (Å²) in [7, 11) is 0. The van der Waals surface area contributed by atoms with Crippen LogP contribution in [0, 0.1) is 0 Å². The predicted octanol–water partition coefficient (Wildman–Crippen LogP) is 3.22. The van der Waals surface area contributed by atoms with Crippen molar-refractivity contribution in [2.24, 2.45) is 9.98 Å². The van der Waals surface area contributed by atoms with Gasteiger partial charge < -0.3 is 4.90 Å². The fraction of sp³-hybridized carbons (Fsp3) is 0.188. The van der Waals surface area contributed by atoms with Gasteiger partial charge in [-0.25, -0.2) is 4.99 Å². The summed E-state index contributed by atoms with van der Waals surface area (Å²) in [6.45, 7) is 0. The first kappa shape index (κ1) is 15.0. The molecule has 0 fully saturated rings. The van der Waals surface area contributed by atoms with Crippen LogP contribution >= 0.6 is 24.0 Å². The normalized spacial score (nSPS) is 23.8. The maximum Gasteiger partial charge on any atom is 0.275 e. The van der Waals surface area contributed by atoms with Crippen LogP contribution in [0.25, 0.3) is 0 Å².